The highest BCUT2D eigenvalue weighted by molar-refractivity contribution is 7.99. The molecule has 0 aromatic carbocycles. The molecule has 3 N–H and O–H groups in total. The van der Waals surface area contributed by atoms with E-state index in [1.165, 1.54) is 0 Å². The first kappa shape index (κ1) is 14.3. The van der Waals surface area contributed by atoms with Gasteiger partial charge in [0.15, 0.2) is 0 Å². The van der Waals surface area contributed by atoms with Crippen LogP contribution in [0.5, 0.6) is 0 Å². The number of nitrogens with one attached hydrogen (secondary N) is 2. The van der Waals surface area contributed by atoms with Gasteiger partial charge in [-0.15, -0.1) is 0 Å². The van der Waals surface area contributed by atoms with Crippen LogP contribution in [0.4, 0.5) is 0 Å². The highest BCUT2D eigenvalue weighted by Crippen LogP contribution is 2.16. The maximum atomic E-state index is 10.7. The molecule has 0 unspecified atom stereocenters. The zero-order valence-electron chi connectivity index (χ0n) is 9.54. The lowest BCUT2D eigenvalue weighted by molar-refractivity contribution is -0.140. The summed E-state index contributed by atoms with van der Waals surface area (Å²) in [6.45, 7) is 6.35. The Morgan fingerprint density at radius 2 is 2.20 bits per heavy atom. The Bertz CT molecular complexity index is 221. The SMILES string of the molecule is CC[C@H](CS[C@H](C)CNC(C)=N)C(=O)O. The van der Waals surface area contributed by atoms with Gasteiger partial charge in [0.05, 0.1) is 11.8 Å². The highest BCUT2D eigenvalue weighted by atomic mass is 32.2. The van der Waals surface area contributed by atoms with Crippen LogP contribution in [0, 0.1) is 11.3 Å². The smallest absolute Gasteiger partial charge is 0.307 e. The van der Waals surface area contributed by atoms with Gasteiger partial charge in [-0.2, -0.15) is 11.8 Å². The minimum absolute atomic E-state index is 0.251. The van der Waals surface area contributed by atoms with Gasteiger partial charge in [-0.1, -0.05) is 13.8 Å². The summed E-state index contributed by atoms with van der Waals surface area (Å²) in [5.74, 6) is 0.130. The summed E-state index contributed by atoms with van der Waals surface area (Å²) in [6.07, 6.45) is 0.673. The standard InChI is InChI=1S/C10H20N2O2S/c1-4-9(10(13)14)6-15-7(2)5-12-8(3)11/h7,9H,4-6H2,1-3H3,(H2,11,12)(H,13,14)/t7-,9-/m1/s1. The second-order valence-corrected chi connectivity index (χ2v) is 5.06. The molecule has 0 aliphatic carbocycles. The van der Waals surface area contributed by atoms with E-state index in [4.69, 9.17) is 10.5 Å². The normalized spacial score (nSPS) is 14.3. The minimum atomic E-state index is -0.714. The molecule has 88 valence electrons. The predicted octanol–water partition coefficient (Wildman–Crippen LogP) is 1.81. The minimum Gasteiger partial charge on any atom is -0.481 e. The lowest BCUT2D eigenvalue weighted by atomic mass is 10.1. The quantitative estimate of drug-likeness (QED) is 0.462. The lowest BCUT2D eigenvalue weighted by Gasteiger charge is -2.15. The van der Waals surface area contributed by atoms with Gasteiger partial charge in [-0.05, 0) is 13.3 Å². The molecule has 0 saturated carbocycles. The van der Waals surface area contributed by atoms with Crippen LogP contribution in [0.2, 0.25) is 0 Å². The van der Waals surface area contributed by atoms with Gasteiger partial charge in [0, 0.05) is 17.5 Å². The third-order valence-corrected chi connectivity index (χ3v) is 3.41. The second-order valence-electron chi connectivity index (χ2n) is 3.59. The number of hydrogen-bond acceptors (Lipinski definition) is 3. The van der Waals surface area contributed by atoms with Crippen LogP contribution in [0.25, 0.3) is 0 Å². The molecule has 5 heteroatoms. The van der Waals surface area contributed by atoms with Crippen molar-refractivity contribution in [2.45, 2.75) is 32.4 Å². The van der Waals surface area contributed by atoms with Gasteiger partial charge in [0.1, 0.15) is 0 Å². The lowest BCUT2D eigenvalue weighted by Crippen LogP contribution is -2.27. The second kappa shape index (κ2) is 7.56. The fourth-order valence-corrected chi connectivity index (χ4v) is 2.14. The number of aliphatic carboxylic acids is 1. The molecule has 2 atom stereocenters. The average molecular weight is 232 g/mol. The van der Waals surface area contributed by atoms with Crippen LogP contribution >= 0.6 is 11.8 Å². The maximum absolute atomic E-state index is 10.7. The Labute approximate surface area is 95.3 Å². The number of carboxylic acids is 1. The predicted molar refractivity (Wildman–Crippen MR) is 64.7 cm³/mol. The van der Waals surface area contributed by atoms with Gasteiger partial charge in [-0.25, -0.2) is 0 Å². The topological polar surface area (TPSA) is 73.2 Å². The van der Waals surface area contributed by atoms with Gasteiger partial charge < -0.3 is 10.4 Å². The first-order valence-electron chi connectivity index (χ1n) is 5.10. The van der Waals surface area contributed by atoms with Gasteiger partial charge in [-0.3, -0.25) is 10.2 Å². The Hall–Kier alpha value is -0.710. The molecule has 0 aliphatic heterocycles. The van der Waals surface area contributed by atoms with E-state index in [0.29, 0.717) is 23.3 Å². The molecule has 0 bridgehead atoms. The zero-order chi connectivity index (χ0) is 11.8. The van der Waals surface area contributed by atoms with E-state index < -0.39 is 5.97 Å². The summed E-state index contributed by atoms with van der Waals surface area (Å²) in [4.78, 5) is 10.7. The molecule has 15 heavy (non-hydrogen) atoms. The van der Waals surface area contributed by atoms with Crippen LogP contribution in [0.3, 0.4) is 0 Å². The Kier molecular flexibility index (Phi) is 7.21. The first-order valence-corrected chi connectivity index (χ1v) is 6.15. The van der Waals surface area contributed by atoms with Crippen LogP contribution in [0.15, 0.2) is 0 Å². The molecule has 0 aromatic heterocycles. The number of carboxylic acid groups (broad SMARTS) is 1. The fraction of sp³-hybridized carbons (Fsp3) is 0.800. The van der Waals surface area contributed by atoms with Crippen molar-refractivity contribution in [1.29, 1.82) is 5.41 Å². The monoisotopic (exact) mass is 232 g/mol. The number of rotatable bonds is 7. The number of carbonyl (C=O) groups is 1. The van der Waals surface area contributed by atoms with Crippen LogP contribution < -0.4 is 5.32 Å². The zero-order valence-corrected chi connectivity index (χ0v) is 10.4. The summed E-state index contributed by atoms with van der Waals surface area (Å²) < 4.78 is 0. The van der Waals surface area contributed by atoms with Gasteiger partial charge >= 0.3 is 5.97 Å². The van der Waals surface area contributed by atoms with E-state index >= 15 is 0 Å². The van der Waals surface area contributed by atoms with E-state index in [1.807, 2.05) is 13.8 Å². The van der Waals surface area contributed by atoms with Crippen molar-refractivity contribution in [3.05, 3.63) is 0 Å². The molecular weight excluding hydrogens is 212 g/mol. The molecule has 0 saturated heterocycles. The molecule has 0 radical (unpaired) electrons. The summed E-state index contributed by atoms with van der Waals surface area (Å²) in [5.41, 5.74) is 0. The summed E-state index contributed by atoms with van der Waals surface area (Å²) >= 11 is 1.64. The Morgan fingerprint density at radius 1 is 1.60 bits per heavy atom. The average Bonchev–Trinajstić information content (AvgIpc) is 2.15. The fourth-order valence-electron chi connectivity index (χ4n) is 1.000. The maximum Gasteiger partial charge on any atom is 0.307 e. The molecule has 4 nitrogen and oxygen atoms in total. The number of thioether (sulfide) groups is 1. The molecule has 0 rings (SSSR count). The van der Waals surface area contributed by atoms with Crippen LogP contribution in [-0.4, -0.2) is 34.5 Å². The van der Waals surface area contributed by atoms with Crippen LogP contribution in [-0.2, 0) is 4.79 Å². The van der Waals surface area contributed by atoms with E-state index in [9.17, 15) is 4.79 Å². The first-order chi connectivity index (χ1) is 6.97. The van der Waals surface area contributed by atoms with E-state index in [2.05, 4.69) is 5.32 Å². The van der Waals surface area contributed by atoms with E-state index in [0.717, 1.165) is 6.54 Å². The third-order valence-electron chi connectivity index (χ3n) is 2.08. The highest BCUT2D eigenvalue weighted by Gasteiger charge is 2.16. The van der Waals surface area contributed by atoms with Gasteiger partial charge in [0.2, 0.25) is 0 Å². The van der Waals surface area contributed by atoms with Crippen molar-refractivity contribution >= 4 is 23.6 Å². The molecule has 0 aliphatic rings. The summed E-state index contributed by atoms with van der Waals surface area (Å²) in [6, 6.07) is 0. The van der Waals surface area contributed by atoms with Crippen molar-refractivity contribution in [2.24, 2.45) is 5.92 Å². The van der Waals surface area contributed by atoms with Crippen LogP contribution in [0.1, 0.15) is 27.2 Å². The number of hydrogen-bond donors (Lipinski definition) is 3. The molecule has 0 spiro atoms. The third kappa shape index (κ3) is 7.25. The summed E-state index contributed by atoms with van der Waals surface area (Å²) in [7, 11) is 0. The van der Waals surface area contributed by atoms with Gasteiger partial charge in [0.25, 0.3) is 0 Å². The van der Waals surface area contributed by atoms with Crippen molar-refractivity contribution in [3.63, 3.8) is 0 Å². The Morgan fingerprint density at radius 3 is 2.60 bits per heavy atom. The molecule has 0 amide bonds. The summed E-state index contributed by atoms with van der Waals surface area (Å²) in [5, 5.41) is 19.3. The van der Waals surface area contributed by atoms with Crippen molar-refractivity contribution in [3.8, 4) is 0 Å². The largest absolute Gasteiger partial charge is 0.481 e. The van der Waals surface area contributed by atoms with Crippen molar-refractivity contribution < 1.29 is 9.90 Å². The molecule has 0 aromatic rings. The van der Waals surface area contributed by atoms with Crippen molar-refractivity contribution in [1.82, 2.24) is 5.32 Å². The van der Waals surface area contributed by atoms with Crippen molar-refractivity contribution in [2.75, 3.05) is 12.3 Å². The molecule has 0 heterocycles. The molecular formula is C10H20N2O2S. The molecule has 0 fully saturated rings. The Balaban J connectivity index is 3.73. The van der Waals surface area contributed by atoms with E-state index in [1.54, 1.807) is 18.7 Å². The van der Waals surface area contributed by atoms with E-state index in [-0.39, 0.29) is 5.92 Å². The number of amidine groups is 1.